The summed E-state index contributed by atoms with van der Waals surface area (Å²) in [6, 6.07) is 4.47. The maximum atomic E-state index is 15.4. The fraction of sp³-hybridized carbons (Fsp3) is 0.394. The van der Waals surface area contributed by atoms with Crippen LogP contribution in [0.4, 0.5) is 40.8 Å². The molecule has 0 saturated heterocycles. The minimum absolute atomic E-state index is 0.0530. The van der Waals surface area contributed by atoms with Gasteiger partial charge >= 0.3 is 12.4 Å². The summed E-state index contributed by atoms with van der Waals surface area (Å²) in [6.07, 6.45) is -7.94. The van der Waals surface area contributed by atoms with Gasteiger partial charge in [0.2, 0.25) is 5.82 Å². The van der Waals surface area contributed by atoms with E-state index in [9.17, 15) is 41.0 Å². The first kappa shape index (κ1) is 38.4. The van der Waals surface area contributed by atoms with E-state index < -0.39 is 93.2 Å². The summed E-state index contributed by atoms with van der Waals surface area (Å²) in [6.45, 7) is -0.202. The van der Waals surface area contributed by atoms with E-state index in [2.05, 4.69) is 15.3 Å². The van der Waals surface area contributed by atoms with E-state index in [1.54, 1.807) is 0 Å². The number of carbonyl (C=O) groups is 2. The molecule has 2 heterocycles. The molecule has 0 radical (unpaired) electrons. The van der Waals surface area contributed by atoms with E-state index >= 15 is 8.78 Å². The molecular formula is C33H32F8N6O5. The Balaban J connectivity index is 1.49. The largest absolute Gasteiger partial charge is 0.509 e. The highest BCUT2D eigenvalue weighted by atomic mass is 19.4. The number of hydrogen-bond acceptors (Lipinski definition) is 9. The van der Waals surface area contributed by atoms with Crippen molar-refractivity contribution in [3.63, 3.8) is 0 Å². The van der Waals surface area contributed by atoms with Crippen molar-refractivity contribution in [1.29, 1.82) is 0 Å². The minimum Gasteiger partial charge on any atom is -0.509 e. The number of nitrogens with two attached hydrogens (primary N) is 1. The number of aliphatic hydroxyl groups is 1. The van der Waals surface area contributed by atoms with Crippen LogP contribution in [0.2, 0.25) is 0 Å². The molecule has 19 heteroatoms. The van der Waals surface area contributed by atoms with Gasteiger partial charge < -0.3 is 25.6 Å². The molecule has 3 aromatic rings. The van der Waals surface area contributed by atoms with Crippen molar-refractivity contribution >= 4 is 17.5 Å². The molecule has 5 rings (SSSR count). The Morgan fingerprint density at radius 2 is 1.69 bits per heavy atom. The number of aromatic nitrogens is 2. The highest BCUT2D eigenvalue weighted by Crippen LogP contribution is 2.45. The Hall–Kier alpha value is -4.88. The van der Waals surface area contributed by atoms with Gasteiger partial charge in [-0.25, -0.2) is 19.4 Å². The number of carbonyl (C=O) groups excluding carboxylic acids is 2. The zero-order valence-corrected chi connectivity index (χ0v) is 27.4. The van der Waals surface area contributed by atoms with E-state index in [0.29, 0.717) is 37.4 Å². The molecular weight excluding hydrogens is 712 g/mol. The topological polar surface area (TPSA) is 143 Å². The molecule has 280 valence electrons. The van der Waals surface area contributed by atoms with Gasteiger partial charge in [0.1, 0.15) is 30.0 Å². The predicted molar refractivity (Wildman–Crippen MR) is 167 cm³/mol. The molecule has 52 heavy (non-hydrogen) atoms. The number of nitrogens with one attached hydrogen (secondary N) is 1. The van der Waals surface area contributed by atoms with Crippen LogP contribution < -0.4 is 15.8 Å². The molecule has 0 atom stereocenters. The van der Waals surface area contributed by atoms with Crippen LogP contribution in [0.15, 0.2) is 54.1 Å². The molecule has 1 aliphatic heterocycles. The number of alkyl halides is 6. The second kappa shape index (κ2) is 15.0. The Bertz CT molecular complexity index is 1860. The van der Waals surface area contributed by atoms with Gasteiger partial charge in [-0.05, 0) is 43.2 Å². The molecule has 4 N–H and O–H groups in total. The third-order valence-corrected chi connectivity index (χ3v) is 8.79. The van der Waals surface area contributed by atoms with Crippen molar-refractivity contribution in [2.45, 2.75) is 50.1 Å². The molecule has 1 saturated carbocycles. The first-order valence-electron chi connectivity index (χ1n) is 15.8. The van der Waals surface area contributed by atoms with Crippen LogP contribution in [0, 0.1) is 11.6 Å². The zero-order valence-electron chi connectivity index (χ0n) is 27.4. The number of hydrogen-bond donors (Lipinski definition) is 3. The third kappa shape index (κ3) is 7.65. The van der Waals surface area contributed by atoms with Crippen LogP contribution in [0.25, 0.3) is 11.3 Å². The van der Waals surface area contributed by atoms with Crippen LogP contribution in [-0.4, -0.2) is 75.9 Å². The summed E-state index contributed by atoms with van der Waals surface area (Å²) in [5, 5.41) is 16.0. The molecule has 2 aliphatic rings. The van der Waals surface area contributed by atoms with Gasteiger partial charge in [0, 0.05) is 24.7 Å². The monoisotopic (exact) mass is 744 g/mol. The smallest absolute Gasteiger partial charge is 0.433 e. The van der Waals surface area contributed by atoms with E-state index in [4.69, 9.17) is 15.2 Å². The van der Waals surface area contributed by atoms with E-state index in [1.807, 2.05) is 0 Å². The summed E-state index contributed by atoms with van der Waals surface area (Å²) < 4.78 is 122. The van der Waals surface area contributed by atoms with Crippen LogP contribution in [0.5, 0.6) is 5.75 Å². The fourth-order valence-corrected chi connectivity index (χ4v) is 6.13. The second-order valence-electron chi connectivity index (χ2n) is 11.9. The van der Waals surface area contributed by atoms with Gasteiger partial charge in [0.05, 0.1) is 42.2 Å². The standard InChI is InChI=1S/C33H32F8N6O5/c1-46-31(8-2-3-9-31)28(48)25(30(50)47(46)16-18-4-7-23(27(35)26(18)34)52-13-12-51-11-10-42)29(49)45-21-6-5-19(32(36,37)38)14-20(21)22-15-24(33(39,40)41)44-17-43-22/h4-7,14-15,17,48H,2-3,8-13,16,42H2,1H3,(H,45,49). The van der Waals surface area contributed by atoms with E-state index in [0.717, 1.165) is 17.1 Å². The van der Waals surface area contributed by atoms with Crippen molar-refractivity contribution in [3.05, 3.63) is 82.5 Å². The zero-order chi connectivity index (χ0) is 38.0. The first-order chi connectivity index (χ1) is 24.5. The average molecular weight is 745 g/mol. The summed E-state index contributed by atoms with van der Waals surface area (Å²) in [4.78, 5) is 34.6. The number of anilines is 1. The average Bonchev–Trinajstić information content (AvgIpc) is 3.59. The lowest BCUT2D eigenvalue weighted by Gasteiger charge is -2.48. The van der Waals surface area contributed by atoms with E-state index in [-0.39, 0.29) is 44.8 Å². The van der Waals surface area contributed by atoms with Gasteiger partial charge in [-0.1, -0.05) is 18.9 Å². The van der Waals surface area contributed by atoms with Crippen LogP contribution in [-0.2, 0) is 33.2 Å². The lowest BCUT2D eigenvalue weighted by molar-refractivity contribution is -0.163. The van der Waals surface area contributed by atoms with Crippen LogP contribution >= 0.6 is 0 Å². The number of rotatable bonds is 11. The van der Waals surface area contributed by atoms with Gasteiger partial charge in [-0.15, -0.1) is 0 Å². The van der Waals surface area contributed by atoms with Crippen molar-refractivity contribution in [1.82, 2.24) is 20.0 Å². The van der Waals surface area contributed by atoms with Gasteiger partial charge in [0.15, 0.2) is 11.6 Å². The summed E-state index contributed by atoms with van der Waals surface area (Å²) in [7, 11) is 1.42. The maximum absolute atomic E-state index is 15.4. The third-order valence-electron chi connectivity index (χ3n) is 8.79. The maximum Gasteiger partial charge on any atom is 0.433 e. The van der Waals surface area contributed by atoms with Crippen molar-refractivity contribution in [3.8, 4) is 17.0 Å². The molecule has 2 amide bonds. The number of nitrogens with zero attached hydrogens (tertiary/aromatic N) is 4. The molecule has 11 nitrogen and oxygen atoms in total. The van der Waals surface area contributed by atoms with Crippen molar-refractivity contribution in [2.75, 3.05) is 38.7 Å². The normalized spacial score (nSPS) is 16.6. The number of benzene rings is 2. The van der Waals surface area contributed by atoms with E-state index in [1.165, 1.54) is 18.1 Å². The van der Waals surface area contributed by atoms with Crippen LogP contribution in [0.3, 0.4) is 0 Å². The van der Waals surface area contributed by atoms with Gasteiger partial charge in [0.25, 0.3) is 11.8 Å². The van der Waals surface area contributed by atoms with Gasteiger partial charge in [-0.3, -0.25) is 14.6 Å². The fourth-order valence-electron chi connectivity index (χ4n) is 6.13. The highest BCUT2D eigenvalue weighted by molar-refractivity contribution is 6.24. The first-order valence-corrected chi connectivity index (χ1v) is 15.8. The quantitative estimate of drug-likeness (QED) is 0.127. The highest BCUT2D eigenvalue weighted by Gasteiger charge is 2.53. The predicted octanol–water partition coefficient (Wildman–Crippen LogP) is 5.77. The van der Waals surface area contributed by atoms with Crippen LogP contribution in [0.1, 0.15) is 42.5 Å². The van der Waals surface area contributed by atoms with Crippen molar-refractivity contribution < 1.29 is 59.3 Å². The summed E-state index contributed by atoms with van der Waals surface area (Å²) in [5.74, 6) is -6.33. The molecule has 0 unspecified atom stereocenters. The molecule has 0 bridgehead atoms. The molecule has 1 aliphatic carbocycles. The van der Waals surface area contributed by atoms with Gasteiger partial charge in [-0.2, -0.15) is 30.7 Å². The number of amides is 2. The number of halogens is 8. The number of aliphatic hydroxyl groups excluding tert-OH is 1. The number of hydrazine groups is 1. The SMILES string of the molecule is CN1N(Cc2ccc(OCCOCCN)c(F)c2F)C(=O)C(C(=O)Nc2ccc(C(F)(F)F)cc2-c2cc(C(F)(F)F)ncn2)=C(O)C12CCCC2. The summed E-state index contributed by atoms with van der Waals surface area (Å²) in [5.41, 5.74) is -1.70. The Morgan fingerprint density at radius 3 is 2.35 bits per heavy atom. The summed E-state index contributed by atoms with van der Waals surface area (Å²) >= 11 is 0. The number of likely N-dealkylation sites (N-methyl/N-ethyl adjacent to an activating group) is 1. The minimum atomic E-state index is -4.99. The lowest BCUT2D eigenvalue weighted by Crippen LogP contribution is -2.62. The van der Waals surface area contributed by atoms with Crippen molar-refractivity contribution in [2.24, 2.45) is 5.73 Å². The second-order valence-corrected chi connectivity index (χ2v) is 11.9. The molecule has 1 spiro atoms. The molecule has 1 fully saturated rings. The Morgan fingerprint density at radius 1 is 0.981 bits per heavy atom. The Kier molecular flexibility index (Phi) is 11.1. The Labute approximate surface area is 291 Å². The lowest BCUT2D eigenvalue weighted by atomic mass is 9.88. The number of ether oxygens (including phenoxy) is 2. The molecule has 2 aromatic carbocycles. The molecule has 1 aromatic heterocycles.